The summed E-state index contributed by atoms with van der Waals surface area (Å²) >= 11 is 0. The molecule has 0 aliphatic carbocycles. The first-order chi connectivity index (χ1) is 8.88. The molecule has 0 spiro atoms. The maximum atomic E-state index is 11.7. The maximum Gasteiger partial charge on any atom is 0.326 e. The number of esters is 1. The van der Waals surface area contributed by atoms with Crippen molar-refractivity contribution in [2.45, 2.75) is 6.92 Å². The third-order valence-corrected chi connectivity index (χ3v) is 3.38. The number of benzene rings is 1. The van der Waals surface area contributed by atoms with Gasteiger partial charge in [0.25, 0.3) is 0 Å². The Labute approximate surface area is 112 Å². The van der Waals surface area contributed by atoms with Crippen LogP contribution in [0.1, 0.15) is 12.5 Å². The fourth-order valence-corrected chi connectivity index (χ4v) is 2.29. The Hall–Kier alpha value is -2.07. The number of hydrogen-bond acceptors (Lipinski definition) is 5. The van der Waals surface area contributed by atoms with Gasteiger partial charge < -0.3 is 4.74 Å². The Bertz CT molecular complexity index is 604. The van der Waals surface area contributed by atoms with E-state index >= 15 is 0 Å². The molecule has 1 rings (SSSR count). The highest BCUT2D eigenvalue weighted by molar-refractivity contribution is 7.92. The van der Waals surface area contributed by atoms with Crippen LogP contribution >= 0.6 is 0 Å². The van der Waals surface area contributed by atoms with Crippen LogP contribution in [0.2, 0.25) is 0 Å². The van der Waals surface area contributed by atoms with Crippen molar-refractivity contribution in [1.29, 1.82) is 5.26 Å². The van der Waals surface area contributed by atoms with E-state index in [1.54, 1.807) is 19.1 Å². The van der Waals surface area contributed by atoms with E-state index in [1.165, 1.54) is 12.1 Å². The van der Waals surface area contributed by atoms with Crippen molar-refractivity contribution < 1.29 is 17.9 Å². The normalized spacial score (nSPS) is 10.6. The van der Waals surface area contributed by atoms with Gasteiger partial charge in [0, 0.05) is 0 Å². The van der Waals surface area contributed by atoms with E-state index < -0.39 is 22.5 Å². The summed E-state index contributed by atoms with van der Waals surface area (Å²) in [7, 11) is -3.63. The molecule has 0 aliphatic heterocycles. The zero-order chi connectivity index (χ0) is 14.5. The van der Waals surface area contributed by atoms with Gasteiger partial charge in [0.1, 0.15) is 6.54 Å². The number of carbonyl (C=O) groups is 1. The number of hydrogen-bond donors (Lipinski definition) is 0. The Morgan fingerprint density at radius 3 is 2.68 bits per heavy atom. The molecule has 7 heteroatoms. The molecule has 0 amide bonds. The monoisotopic (exact) mass is 282 g/mol. The van der Waals surface area contributed by atoms with E-state index in [2.05, 4.69) is 0 Å². The molecule has 6 nitrogen and oxygen atoms in total. The van der Waals surface area contributed by atoms with Crippen LogP contribution < -0.4 is 4.31 Å². The molecule has 102 valence electrons. The Morgan fingerprint density at radius 1 is 1.47 bits per heavy atom. The van der Waals surface area contributed by atoms with Crippen LogP contribution in [0.4, 0.5) is 5.69 Å². The highest BCUT2D eigenvalue weighted by Gasteiger charge is 2.21. The summed E-state index contributed by atoms with van der Waals surface area (Å²) in [5.74, 6) is -0.643. The molecule has 0 heterocycles. The van der Waals surface area contributed by atoms with Crippen LogP contribution in [-0.2, 0) is 19.6 Å². The summed E-state index contributed by atoms with van der Waals surface area (Å²) in [6.07, 6.45) is 0.991. The molecule has 0 aliphatic rings. The predicted octanol–water partition coefficient (Wildman–Crippen LogP) is 0.887. The molecule has 0 radical (unpaired) electrons. The second-order valence-electron chi connectivity index (χ2n) is 3.74. The molecule has 1 aromatic carbocycles. The van der Waals surface area contributed by atoms with Crippen molar-refractivity contribution >= 4 is 21.7 Å². The second kappa shape index (κ2) is 6.20. The topological polar surface area (TPSA) is 87.5 Å². The highest BCUT2D eigenvalue weighted by atomic mass is 32.2. The van der Waals surface area contributed by atoms with E-state index in [1.807, 2.05) is 6.07 Å². The number of ether oxygens (including phenoxy) is 1. The smallest absolute Gasteiger partial charge is 0.326 e. The van der Waals surface area contributed by atoms with Crippen LogP contribution in [-0.4, -0.2) is 33.8 Å². The van der Waals surface area contributed by atoms with Gasteiger partial charge in [-0.2, -0.15) is 5.26 Å². The molecule has 0 N–H and O–H groups in total. The lowest BCUT2D eigenvalue weighted by Gasteiger charge is -2.21. The summed E-state index contributed by atoms with van der Waals surface area (Å²) in [6, 6.07) is 7.94. The Balaban J connectivity index is 3.11. The van der Waals surface area contributed by atoms with E-state index in [4.69, 9.17) is 10.00 Å². The first-order valence-corrected chi connectivity index (χ1v) is 7.36. The minimum absolute atomic E-state index is 0.175. The molecule has 0 unspecified atom stereocenters. The maximum absolute atomic E-state index is 11.7. The molecule has 19 heavy (non-hydrogen) atoms. The van der Waals surface area contributed by atoms with Crippen LogP contribution in [0.15, 0.2) is 24.3 Å². The van der Waals surface area contributed by atoms with Crippen molar-refractivity contribution in [2.24, 2.45) is 0 Å². The van der Waals surface area contributed by atoms with Crippen LogP contribution in [0.5, 0.6) is 0 Å². The van der Waals surface area contributed by atoms with Gasteiger partial charge in [-0.15, -0.1) is 0 Å². The molecule has 0 atom stereocenters. The summed E-state index contributed by atoms with van der Waals surface area (Å²) in [5, 5.41) is 8.80. The summed E-state index contributed by atoms with van der Waals surface area (Å²) in [6.45, 7) is 1.40. The van der Waals surface area contributed by atoms with E-state index in [9.17, 15) is 13.2 Å². The van der Waals surface area contributed by atoms with Crippen molar-refractivity contribution in [1.82, 2.24) is 0 Å². The Morgan fingerprint density at radius 2 is 2.16 bits per heavy atom. The minimum Gasteiger partial charge on any atom is -0.465 e. The number of nitrogens with zero attached hydrogens (tertiary/aromatic N) is 2. The molecule has 0 saturated heterocycles. The molecule has 0 fully saturated rings. The molecular formula is C12H14N2O4S. The van der Waals surface area contributed by atoms with Crippen molar-refractivity contribution in [2.75, 3.05) is 23.7 Å². The number of nitriles is 1. The molecule has 0 aromatic heterocycles. The average molecular weight is 282 g/mol. The van der Waals surface area contributed by atoms with Gasteiger partial charge in [0.2, 0.25) is 10.0 Å². The lowest BCUT2D eigenvalue weighted by Crippen LogP contribution is -2.35. The lowest BCUT2D eigenvalue weighted by molar-refractivity contribution is -0.141. The number of sulfonamides is 1. The third kappa shape index (κ3) is 4.26. The lowest BCUT2D eigenvalue weighted by atomic mass is 10.2. The van der Waals surface area contributed by atoms with Crippen LogP contribution in [0.25, 0.3) is 0 Å². The van der Waals surface area contributed by atoms with Gasteiger partial charge in [-0.05, 0) is 25.1 Å². The first kappa shape index (κ1) is 15.0. The molecular weight excluding hydrogens is 268 g/mol. The molecule has 0 saturated carbocycles. The van der Waals surface area contributed by atoms with Gasteiger partial charge in [-0.1, -0.05) is 6.07 Å². The standard InChI is InChI=1S/C12H14N2O4S/c1-3-18-12(15)9-14(19(2,16)17)11-6-4-5-10(7-11)8-13/h4-7H,3,9H2,1-2H3. The minimum atomic E-state index is -3.63. The fourth-order valence-electron chi connectivity index (χ4n) is 1.45. The summed E-state index contributed by atoms with van der Waals surface area (Å²) < 4.78 is 29.1. The van der Waals surface area contributed by atoms with E-state index in [0.717, 1.165) is 10.6 Å². The zero-order valence-electron chi connectivity index (χ0n) is 10.7. The van der Waals surface area contributed by atoms with Gasteiger partial charge in [0.05, 0.1) is 30.2 Å². The number of anilines is 1. The Kier molecular flexibility index (Phi) is 4.89. The number of carbonyl (C=O) groups excluding carboxylic acids is 1. The number of rotatable bonds is 5. The largest absolute Gasteiger partial charge is 0.465 e. The first-order valence-electron chi connectivity index (χ1n) is 5.52. The van der Waals surface area contributed by atoms with Gasteiger partial charge >= 0.3 is 5.97 Å². The van der Waals surface area contributed by atoms with Gasteiger partial charge in [-0.25, -0.2) is 8.42 Å². The van der Waals surface area contributed by atoms with E-state index in [-0.39, 0.29) is 12.3 Å². The van der Waals surface area contributed by atoms with Gasteiger partial charge in [-0.3, -0.25) is 9.10 Å². The van der Waals surface area contributed by atoms with Crippen molar-refractivity contribution in [3.05, 3.63) is 29.8 Å². The van der Waals surface area contributed by atoms with Crippen LogP contribution in [0.3, 0.4) is 0 Å². The van der Waals surface area contributed by atoms with Crippen LogP contribution in [0, 0.1) is 11.3 Å². The summed E-state index contributed by atoms with van der Waals surface area (Å²) in [4.78, 5) is 11.4. The third-order valence-electron chi connectivity index (χ3n) is 2.24. The highest BCUT2D eigenvalue weighted by Crippen LogP contribution is 2.18. The van der Waals surface area contributed by atoms with Crippen molar-refractivity contribution in [3.63, 3.8) is 0 Å². The molecule has 0 bridgehead atoms. The van der Waals surface area contributed by atoms with E-state index in [0.29, 0.717) is 5.56 Å². The quantitative estimate of drug-likeness (QED) is 0.748. The average Bonchev–Trinajstić information content (AvgIpc) is 2.35. The van der Waals surface area contributed by atoms with Crippen molar-refractivity contribution in [3.8, 4) is 6.07 Å². The van der Waals surface area contributed by atoms with Gasteiger partial charge in [0.15, 0.2) is 0 Å². The predicted molar refractivity (Wildman–Crippen MR) is 70.0 cm³/mol. The fraction of sp³-hybridized carbons (Fsp3) is 0.333. The SMILES string of the molecule is CCOC(=O)CN(c1cccc(C#N)c1)S(C)(=O)=O. The zero-order valence-corrected chi connectivity index (χ0v) is 11.5. The second-order valence-corrected chi connectivity index (χ2v) is 5.64. The summed E-state index contributed by atoms with van der Waals surface area (Å²) in [5.41, 5.74) is 0.574. The molecule has 1 aromatic rings.